The predicted molar refractivity (Wildman–Crippen MR) is 29.1 cm³/mol. The molecule has 4 heteroatoms. The lowest BCUT2D eigenvalue weighted by atomic mass is 12.0. The molecular formula is CH8Cl3Si-. The van der Waals surface area contributed by atoms with Gasteiger partial charge in [-0.25, -0.2) is 0 Å². The van der Waals surface area contributed by atoms with Gasteiger partial charge in [0.25, 0.3) is 0 Å². The summed E-state index contributed by atoms with van der Waals surface area (Å²) in [5.74, 6) is 0. The third kappa shape index (κ3) is 41.0. The van der Waals surface area contributed by atoms with Gasteiger partial charge in [0.1, 0.15) is 0 Å². The second-order valence-corrected chi connectivity index (χ2v) is 2.73. The average Bonchev–Trinajstić information content (AvgIpc) is 0.918. The van der Waals surface area contributed by atoms with Crippen molar-refractivity contribution >= 4 is 30.3 Å². The van der Waals surface area contributed by atoms with Crippen molar-refractivity contribution in [2.45, 2.75) is 7.43 Å². The molecule has 0 amide bonds. The first-order chi connectivity index (χ1) is 1.41. The molecule has 0 atom stereocenters. The van der Waals surface area contributed by atoms with Gasteiger partial charge in [0.05, 0.1) is 0 Å². The summed E-state index contributed by atoms with van der Waals surface area (Å²) < 4.78 is 0. The Morgan fingerprint density at radius 3 is 1.40 bits per heavy atom. The van der Waals surface area contributed by atoms with E-state index in [4.69, 9.17) is 22.2 Å². The van der Waals surface area contributed by atoms with Crippen molar-refractivity contribution in [2.75, 3.05) is 0 Å². The summed E-state index contributed by atoms with van der Waals surface area (Å²) in [6.45, 7) is 0. The van der Waals surface area contributed by atoms with E-state index < -0.39 is 8.14 Å². The molecule has 0 rings (SSSR count). The monoisotopic (exact) mass is 153 g/mol. The van der Waals surface area contributed by atoms with Crippen molar-refractivity contribution in [1.82, 2.24) is 0 Å². The van der Waals surface area contributed by atoms with Crippen LogP contribution in [0.5, 0.6) is 0 Å². The fraction of sp³-hybridized carbons (Fsp3) is 1.00. The molecule has 0 aliphatic carbocycles. The van der Waals surface area contributed by atoms with E-state index in [9.17, 15) is 0 Å². The number of rotatable bonds is 0. The number of hydrogen-bond donors (Lipinski definition) is 0. The standard InChI is InChI=1S/CH4.Cl2H2Si.ClH.H2/c;1-3-2;;/h1H4;3H2;2*1H/p-1. The van der Waals surface area contributed by atoms with Crippen LogP contribution >= 0.6 is 22.2 Å². The van der Waals surface area contributed by atoms with Crippen molar-refractivity contribution in [3.63, 3.8) is 0 Å². The lowest BCUT2D eigenvalue weighted by molar-refractivity contribution is -0.000000821. The molecule has 0 saturated heterocycles. The van der Waals surface area contributed by atoms with E-state index in [0.29, 0.717) is 0 Å². The Bertz CT molecular complexity index is 10.8. The highest BCUT2D eigenvalue weighted by molar-refractivity contribution is 7.22. The molecule has 5 heavy (non-hydrogen) atoms. The van der Waals surface area contributed by atoms with Crippen LogP contribution in [-0.2, 0) is 0 Å². The zero-order chi connectivity index (χ0) is 2.71. The zero-order valence-electron chi connectivity index (χ0n) is 1.84. The van der Waals surface area contributed by atoms with Gasteiger partial charge in [0.15, 0.2) is 0 Å². The molecule has 0 aliphatic rings. The minimum Gasteiger partial charge on any atom is -1.00 e. The Labute approximate surface area is 52.0 Å². The van der Waals surface area contributed by atoms with Gasteiger partial charge in [0.2, 0.25) is 8.14 Å². The second kappa shape index (κ2) is 19.5. The summed E-state index contributed by atoms with van der Waals surface area (Å²) >= 11 is 9.81. The van der Waals surface area contributed by atoms with Crippen LogP contribution in [0.15, 0.2) is 0 Å². The molecule has 0 heterocycles. The predicted octanol–water partition coefficient (Wildman–Crippen LogP) is -1.65. The van der Waals surface area contributed by atoms with Gasteiger partial charge in [-0.2, -0.15) is 22.2 Å². The molecular weight excluding hydrogens is 146 g/mol. The molecule has 0 fully saturated rings. The molecule has 38 valence electrons. The van der Waals surface area contributed by atoms with Crippen molar-refractivity contribution in [3.8, 4) is 0 Å². The van der Waals surface area contributed by atoms with Gasteiger partial charge < -0.3 is 12.4 Å². The van der Waals surface area contributed by atoms with E-state index in [1.165, 1.54) is 0 Å². The van der Waals surface area contributed by atoms with Crippen LogP contribution in [0.1, 0.15) is 8.85 Å². The number of hydrogen-bond acceptors (Lipinski definition) is 0. The maximum Gasteiger partial charge on any atom is 0.222 e. The van der Waals surface area contributed by atoms with E-state index >= 15 is 0 Å². The molecule has 0 N–H and O–H groups in total. The highest BCUT2D eigenvalue weighted by Crippen LogP contribution is 1.67. The Morgan fingerprint density at radius 2 is 1.40 bits per heavy atom. The molecule has 0 aromatic carbocycles. The van der Waals surface area contributed by atoms with E-state index in [-0.39, 0.29) is 21.3 Å². The van der Waals surface area contributed by atoms with Crippen molar-refractivity contribution in [1.29, 1.82) is 0 Å². The van der Waals surface area contributed by atoms with Gasteiger partial charge >= 0.3 is 0 Å². The van der Waals surface area contributed by atoms with E-state index in [2.05, 4.69) is 0 Å². The summed E-state index contributed by atoms with van der Waals surface area (Å²) in [5, 5.41) is 0. The van der Waals surface area contributed by atoms with Crippen LogP contribution in [-0.4, -0.2) is 8.14 Å². The smallest absolute Gasteiger partial charge is 0.222 e. The molecule has 0 spiro atoms. The van der Waals surface area contributed by atoms with Gasteiger partial charge in [-0.1, -0.05) is 7.43 Å². The van der Waals surface area contributed by atoms with Crippen LogP contribution in [0, 0.1) is 0 Å². The van der Waals surface area contributed by atoms with Crippen molar-refractivity contribution in [3.05, 3.63) is 0 Å². The first-order valence-corrected chi connectivity index (χ1v) is 4.81. The van der Waals surface area contributed by atoms with Crippen molar-refractivity contribution < 1.29 is 13.8 Å². The van der Waals surface area contributed by atoms with Crippen LogP contribution < -0.4 is 12.4 Å². The average molecular weight is 155 g/mol. The van der Waals surface area contributed by atoms with E-state index in [1.54, 1.807) is 0 Å². The number of halogens is 3. The molecule has 0 saturated carbocycles. The molecule has 0 aliphatic heterocycles. The Morgan fingerprint density at radius 1 is 1.40 bits per heavy atom. The Balaban J connectivity index is -0.00000000667. The molecule has 0 bridgehead atoms. The first kappa shape index (κ1) is 16.5. The second-order valence-electron chi connectivity index (χ2n) is 0.101. The maximum absolute atomic E-state index is 4.90. The quantitative estimate of drug-likeness (QED) is 0.290. The maximum atomic E-state index is 4.90. The molecule has 0 aromatic heterocycles. The first-order valence-electron chi connectivity index (χ1n) is 0.535. The van der Waals surface area contributed by atoms with Crippen molar-refractivity contribution in [2.24, 2.45) is 0 Å². The van der Waals surface area contributed by atoms with Gasteiger partial charge in [-0.15, -0.1) is 0 Å². The molecule has 0 aromatic rings. The third-order valence-electron chi connectivity index (χ3n) is 0. The molecule has 0 unspecified atom stereocenters. The highest BCUT2D eigenvalue weighted by atomic mass is 35.7. The SMILES string of the molecule is C.Cl[SiH2]Cl.[Cl-].[HH]. The van der Waals surface area contributed by atoms with Crippen LogP contribution in [0.25, 0.3) is 0 Å². The summed E-state index contributed by atoms with van der Waals surface area (Å²) in [7, 11) is -0.639. The normalized spacial score (nSPS) is 3.60. The summed E-state index contributed by atoms with van der Waals surface area (Å²) in [6.07, 6.45) is 0. The lowest BCUT2D eigenvalue weighted by Crippen LogP contribution is -3.00. The van der Waals surface area contributed by atoms with Gasteiger partial charge in [-0.05, 0) is 0 Å². The Hall–Kier alpha value is 1.09. The molecule has 0 nitrogen and oxygen atoms in total. The largest absolute Gasteiger partial charge is 1.00 e. The summed E-state index contributed by atoms with van der Waals surface area (Å²) in [5.41, 5.74) is 0. The fourth-order valence-corrected chi connectivity index (χ4v) is 0. The van der Waals surface area contributed by atoms with Gasteiger partial charge in [0, 0.05) is 1.43 Å². The minimum absolute atomic E-state index is 0. The van der Waals surface area contributed by atoms with Crippen LogP contribution in [0.3, 0.4) is 0 Å². The van der Waals surface area contributed by atoms with E-state index in [0.717, 1.165) is 0 Å². The Kier molecular flexibility index (Phi) is 64.5. The lowest BCUT2D eigenvalue weighted by Gasteiger charge is -1.39. The summed E-state index contributed by atoms with van der Waals surface area (Å²) in [4.78, 5) is 0. The van der Waals surface area contributed by atoms with Crippen LogP contribution in [0.2, 0.25) is 0 Å². The topological polar surface area (TPSA) is 0 Å². The zero-order valence-corrected chi connectivity index (χ0v) is 5.52. The van der Waals surface area contributed by atoms with Gasteiger partial charge in [-0.3, -0.25) is 0 Å². The van der Waals surface area contributed by atoms with E-state index in [1.807, 2.05) is 0 Å². The third-order valence-corrected chi connectivity index (χ3v) is 0. The molecule has 0 radical (unpaired) electrons. The highest BCUT2D eigenvalue weighted by Gasteiger charge is 1.46. The summed E-state index contributed by atoms with van der Waals surface area (Å²) in [6, 6.07) is 0. The minimum atomic E-state index is -0.639. The fourth-order valence-electron chi connectivity index (χ4n) is 0. The van der Waals surface area contributed by atoms with Crippen LogP contribution in [0.4, 0.5) is 0 Å².